The van der Waals surface area contributed by atoms with E-state index in [1.807, 2.05) is 6.07 Å². The molecule has 0 fully saturated rings. The number of fused-ring (bicyclic) bond motifs is 1. The maximum Gasteiger partial charge on any atom is 0.241 e. The number of alkyl halides is 1. The molecule has 4 nitrogen and oxygen atoms in total. The first kappa shape index (κ1) is 11.0. The van der Waals surface area contributed by atoms with Crippen molar-refractivity contribution in [3.05, 3.63) is 23.8 Å². The van der Waals surface area contributed by atoms with Crippen LogP contribution in [0.1, 0.15) is 5.56 Å². The lowest BCUT2D eigenvalue weighted by molar-refractivity contribution is -0.116. The van der Waals surface area contributed by atoms with E-state index in [1.165, 1.54) is 4.90 Å². The molecular formula is C11H11ClN2O2. The summed E-state index contributed by atoms with van der Waals surface area (Å²) >= 11 is 5.48. The van der Waals surface area contributed by atoms with Crippen LogP contribution < -0.4 is 10.2 Å². The summed E-state index contributed by atoms with van der Waals surface area (Å²) in [5, 5.41) is 2.74. The van der Waals surface area contributed by atoms with Crippen LogP contribution in [0.4, 0.5) is 11.4 Å². The van der Waals surface area contributed by atoms with E-state index >= 15 is 0 Å². The summed E-state index contributed by atoms with van der Waals surface area (Å²) in [7, 11) is 1.66. The first-order valence-electron chi connectivity index (χ1n) is 4.87. The second-order valence-corrected chi connectivity index (χ2v) is 3.92. The van der Waals surface area contributed by atoms with Crippen molar-refractivity contribution < 1.29 is 9.59 Å². The van der Waals surface area contributed by atoms with Gasteiger partial charge < -0.3 is 10.2 Å². The molecule has 1 aliphatic heterocycles. The summed E-state index contributed by atoms with van der Waals surface area (Å²) in [4.78, 5) is 24.0. The average Bonchev–Trinajstić information content (AvgIpc) is 2.65. The Kier molecular flexibility index (Phi) is 2.83. The molecule has 5 heteroatoms. The molecule has 0 unspecified atom stereocenters. The number of hydrogen-bond donors (Lipinski definition) is 1. The topological polar surface area (TPSA) is 49.4 Å². The van der Waals surface area contributed by atoms with Crippen LogP contribution in [-0.4, -0.2) is 24.7 Å². The Hall–Kier alpha value is -1.55. The fourth-order valence-corrected chi connectivity index (χ4v) is 1.84. The maximum absolute atomic E-state index is 11.4. The molecule has 16 heavy (non-hydrogen) atoms. The number of halogens is 1. The molecule has 0 aromatic heterocycles. The zero-order chi connectivity index (χ0) is 11.7. The van der Waals surface area contributed by atoms with Crippen LogP contribution in [-0.2, 0) is 16.0 Å². The molecule has 0 spiro atoms. The summed E-state index contributed by atoms with van der Waals surface area (Å²) in [6, 6.07) is 5.42. The van der Waals surface area contributed by atoms with E-state index in [0.29, 0.717) is 6.42 Å². The van der Waals surface area contributed by atoms with Crippen LogP contribution in [0.3, 0.4) is 0 Å². The first-order chi connectivity index (χ1) is 7.61. The molecule has 0 radical (unpaired) electrons. The van der Waals surface area contributed by atoms with Crippen molar-refractivity contribution in [3.8, 4) is 0 Å². The smallest absolute Gasteiger partial charge is 0.241 e. The SMILES string of the molecule is CN(C(=O)CCl)c1ccc2c(c1)CC(=O)N2. The van der Waals surface area contributed by atoms with E-state index in [9.17, 15) is 9.59 Å². The van der Waals surface area contributed by atoms with Crippen LogP contribution >= 0.6 is 11.6 Å². The molecule has 0 bridgehead atoms. The molecule has 84 valence electrons. The number of rotatable bonds is 2. The van der Waals surface area contributed by atoms with Crippen molar-refractivity contribution >= 4 is 34.8 Å². The lowest BCUT2D eigenvalue weighted by atomic mass is 10.1. The van der Waals surface area contributed by atoms with Crippen molar-refractivity contribution in [2.45, 2.75) is 6.42 Å². The Bertz CT molecular complexity index is 459. The Morgan fingerprint density at radius 3 is 3.00 bits per heavy atom. The lowest BCUT2D eigenvalue weighted by Gasteiger charge is -2.16. The number of nitrogens with zero attached hydrogens (tertiary/aromatic N) is 1. The van der Waals surface area contributed by atoms with Crippen molar-refractivity contribution in [2.75, 3.05) is 23.1 Å². The molecule has 2 amide bonds. The molecule has 0 aliphatic carbocycles. The molecule has 0 saturated carbocycles. The highest BCUT2D eigenvalue weighted by Crippen LogP contribution is 2.27. The van der Waals surface area contributed by atoms with Gasteiger partial charge in [-0.3, -0.25) is 9.59 Å². The molecule has 1 heterocycles. The van der Waals surface area contributed by atoms with Gasteiger partial charge in [-0.1, -0.05) is 0 Å². The Labute approximate surface area is 98.2 Å². The molecule has 1 aliphatic rings. The van der Waals surface area contributed by atoms with Crippen molar-refractivity contribution in [2.24, 2.45) is 0 Å². The predicted molar refractivity (Wildman–Crippen MR) is 62.9 cm³/mol. The van der Waals surface area contributed by atoms with Crippen LogP contribution in [0.5, 0.6) is 0 Å². The summed E-state index contributed by atoms with van der Waals surface area (Å²) in [6.45, 7) is 0. The molecule has 1 N–H and O–H groups in total. The van der Waals surface area contributed by atoms with Gasteiger partial charge in [-0.25, -0.2) is 0 Å². The van der Waals surface area contributed by atoms with Crippen molar-refractivity contribution in [1.29, 1.82) is 0 Å². The molecule has 1 aromatic carbocycles. The van der Waals surface area contributed by atoms with Crippen LogP contribution in [0, 0.1) is 0 Å². The number of carbonyl (C=O) groups excluding carboxylic acids is 2. The fourth-order valence-electron chi connectivity index (χ4n) is 1.66. The van der Waals surface area contributed by atoms with E-state index in [1.54, 1.807) is 19.2 Å². The highest BCUT2D eigenvalue weighted by molar-refractivity contribution is 6.29. The number of hydrogen-bond acceptors (Lipinski definition) is 2. The third kappa shape index (κ3) is 1.88. The van der Waals surface area contributed by atoms with Crippen molar-refractivity contribution in [1.82, 2.24) is 0 Å². The molecule has 2 rings (SSSR count). The molecule has 1 aromatic rings. The van der Waals surface area contributed by atoms with Gasteiger partial charge in [-0.15, -0.1) is 11.6 Å². The third-order valence-electron chi connectivity index (χ3n) is 2.59. The first-order valence-corrected chi connectivity index (χ1v) is 5.40. The van der Waals surface area contributed by atoms with Crippen molar-refractivity contribution in [3.63, 3.8) is 0 Å². The second kappa shape index (κ2) is 4.14. The van der Waals surface area contributed by atoms with Gasteiger partial charge in [0.25, 0.3) is 0 Å². The minimum atomic E-state index is -0.168. The van der Waals surface area contributed by atoms with Gasteiger partial charge in [0.2, 0.25) is 11.8 Å². The zero-order valence-corrected chi connectivity index (χ0v) is 9.54. The summed E-state index contributed by atoms with van der Waals surface area (Å²) in [5.41, 5.74) is 2.48. The number of amides is 2. The second-order valence-electron chi connectivity index (χ2n) is 3.65. The number of nitrogens with one attached hydrogen (secondary N) is 1. The van der Waals surface area contributed by atoms with E-state index < -0.39 is 0 Å². The van der Waals surface area contributed by atoms with Crippen LogP contribution in [0.2, 0.25) is 0 Å². The Morgan fingerprint density at radius 1 is 1.56 bits per heavy atom. The number of anilines is 2. The largest absolute Gasteiger partial charge is 0.326 e. The van der Waals surface area contributed by atoms with Gasteiger partial charge in [0.05, 0.1) is 6.42 Å². The summed E-state index contributed by atoms with van der Waals surface area (Å²) < 4.78 is 0. The third-order valence-corrected chi connectivity index (χ3v) is 2.82. The van der Waals surface area contributed by atoms with Gasteiger partial charge in [0.1, 0.15) is 5.88 Å². The highest BCUT2D eigenvalue weighted by Gasteiger charge is 2.19. The fraction of sp³-hybridized carbons (Fsp3) is 0.273. The quantitative estimate of drug-likeness (QED) is 0.792. The molecular weight excluding hydrogens is 228 g/mol. The van der Waals surface area contributed by atoms with Crippen LogP contribution in [0.15, 0.2) is 18.2 Å². The van der Waals surface area contributed by atoms with E-state index in [2.05, 4.69) is 5.32 Å². The lowest BCUT2D eigenvalue weighted by Crippen LogP contribution is -2.27. The van der Waals surface area contributed by atoms with Gasteiger partial charge in [0.15, 0.2) is 0 Å². The highest BCUT2D eigenvalue weighted by atomic mass is 35.5. The number of carbonyl (C=O) groups is 2. The molecule has 0 atom stereocenters. The normalized spacial score (nSPS) is 13.2. The van der Waals surface area contributed by atoms with Gasteiger partial charge in [0, 0.05) is 18.4 Å². The van der Waals surface area contributed by atoms with Crippen LogP contribution in [0.25, 0.3) is 0 Å². The predicted octanol–water partition coefficient (Wildman–Crippen LogP) is 1.38. The Balaban J connectivity index is 2.29. The minimum Gasteiger partial charge on any atom is -0.326 e. The van der Waals surface area contributed by atoms with E-state index in [0.717, 1.165) is 16.9 Å². The van der Waals surface area contributed by atoms with Gasteiger partial charge >= 0.3 is 0 Å². The minimum absolute atomic E-state index is 0.0153. The van der Waals surface area contributed by atoms with Gasteiger partial charge in [-0.05, 0) is 23.8 Å². The number of benzene rings is 1. The standard InChI is InChI=1S/C11H11ClN2O2/c1-14(11(16)6-12)8-2-3-9-7(4-8)5-10(15)13-9/h2-4H,5-6H2,1H3,(H,13,15). The van der Waals surface area contributed by atoms with E-state index in [-0.39, 0.29) is 17.7 Å². The summed E-state index contributed by atoms with van der Waals surface area (Å²) in [6.07, 6.45) is 0.367. The van der Waals surface area contributed by atoms with E-state index in [4.69, 9.17) is 11.6 Å². The molecule has 0 saturated heterocycles. The zero-order valence-electron chi connectivity index (χ0n) is 8.79. The monoisotopic (exact) mass is 238 g/mol. The average molecular weight is 239 g/mol. The maximum atomic E-state index is 11.4. The Morgan fingerprint density at radius 2 is 2.31 bits per heavy atom. The van der Waals surface area contributed by atoms with Gasteiger partial charge in [-0.2, -0.15) is 0 Å². The summed E-state index contributed by atoms with van der Waals surface area (Å²) in [5.74, 6) is -0.234.